The molecule has 0 spiro atoms. The fourth-order valence-corrected chi connectivity index (χ4v) is 2.02. The van der Waals surface area contributed by atoms with Gasteiger partial charge in [-0.05, 0) is 19.4 Å². The highest BCUT2D eigenvalue weighted by Crippen LogP contribution is 2.16. The number of aryl methyl sites for hydroxylation is 1. The second-order valence-corrected chi connectivity index (χ2v) is 4.57. The minimum Gasteiger partial charge on any atom is -0.337 e. The molecule has 1 aromatic carbocycles. The van der Waals surface area contributed by atoms with E-state index in [1.165, 1.54) is 6.07 Å². The highest BCUT2D eigenvalue weighted by Gasteiger charge is 2.10. The molecule has 0 unspecified atom stereocenters. The van der Waals surface area contributed by atoms with Gasteiger partial charge >= 0.3 is 0 Å². The number of aromatic nitrogens is 2. The van der Waals surface area contributed by atoms with Crippen LogP contribution in [0.5, 0.6) is 0 Å². The lowest BCUT2D eigenvalue weighted by molar-refractivity contribution is -0.385. The lowest BCUT2D eigenvalue weighted by Gasteiger charge is -2.06. The molecule has 0 aliphatic carbocycles. The molecule has 6 heteroatoms. The molecule has 1 N–H and O–H groups in total. The number of nitro benzene ring substituents is 1. The predicted molar refractivity (Wildman–Crippen MR) is 76.3 cm³/mol. The Bertz CT molecular complexity index is 540. The van der Waals surface area contributed by atoms with Gasteiger partial charge in [-0.25, -0.2) is 4.98 Å². The van der Waals surface area contributed by atoms with Crippen molar-refractivity contribution >= 4 is 5.69 Å². The molecular weight excluding hydrogens is 256 g/mol. The molecule has 1 aromatic heterocycles. The summed E-state index contributed by atoms with van der Waals surface area (Å²) in [7, 11) is 0. The quantitative estimate of drug-likeness (QED) is 0.455. The zero-order chi connectivity index (χ0) is 14.2. The van der Waals surface area contributed by atoms with Crippen molar-refractivity contribution in [3.63, 3.8) is 0 Å². The Morgan fingerprint density at radius 1 is 1.30 bits per heavy atom. The first kappa shape index (κ1) is 14.2. The standard InChI is InChI=1S/C14H18N4O2/c19-18(20)14-6-2-1-5-13(14)11-15-7-3-4-9-17-10-8-16-12-17/h1-2,5-6,8,10,12,15H,3-4,7,9,11H2. The summed E-state index contributed by atoms with van der Waals surface area (Å²) in [6, 6.07) is 6.84. The summed E-state index contributed by atoms with van der Waals surface area (Å²) in [6.07, 6.45) is 7.60. The Morgan fingerprint density at radius 3 is 2.90 bits per heavy atom. The molecule has 0 aliphatic heterocycles. The fourth-order valence-electron chi connectivity index (χ4n) is 2.02. The first-order chi connectivity index (χ1) is 9.77. The number of unbranched alkanes of at least 4 members (excludes halogenated alkanes) is 1. The van der Waals surface area contributed by atoms with E-state index in [1.807, 2.05) is 16.8 Å². The Labute approximate surface area is 117 Å². The van der Waals surface area contributed by atoms with Crippen molar-refractivity contribution in [2.24, 2.45) is 0 Å². The van der Waals surface area contributed by atoms with Gasteiger partial charge in [-0.3, -0.25) is 10.1 Å². The molecule has 1 heterocycles. The highest BCUT2D eigenvalue weighted by atomic mass is 16.6. The second kappa shape index (κ2) is 7.40. The van der Waals surface area contributed by atoms with E-state index in [9.17, 15) is 10.1 Å². The van der Waals surface area contributed by atoms with E-state index in [-0.39, 0.29) is 10.6 Å². The minimum absolute atomic E-state index is 0.179. The third-order valence-corrected chi connectivity index (χ3v) is 3.08. The van der Waals surface area contributed by atoms with Crippen LogP contribution >= 0.6 is 0 Å². The number of nitrogens with one attached hydrogen (secondary N) is 1. The zero-order valence-electron chi connectivity index (χ0n) is 11.2. The van der Waals surface area contributed by atoms with Crippen LogP contribution in [0.3, 0.4) is 0 Å². The van der Waals surface area contributed by atoms with E-state index < -0.39 is 0 Å². The number of benzene rings is 1. The molecular formula is C14H18N4O2. The topological polar surface area (TPSA) is 73.0 Å². The number of para-hydroxylation sites is 1. The Hall–Kier alpha value is -2.21. The number of nitrogens with zero attached hydrogens (tertiary/aromatic N) is 3. The molecule has 0 amide bonds. The summed E-state index contributed by atoms with van der Waals surface area (Å²) in [5.41, 5.74) is 0.908. The fraction of sp³-hybridized carbons (Fsp3) is 0.357. The van der Waals surface area contributed by atoms with E-state index in [0.29, 0.717) is 6.54 Å². The van der Waals surface area contributed by atoms with E-state index >= 15 is 0 Å². The monoisotopic (exact) mass is 274 g/mol. The molecule has 0 fully saturated rings. The Morgan fingerprint density at radius 2 is 2.15 bits per heavy atom. The lowest BCUT2D eigenvalue weighted by Crippen LogP contribution is -2.16. The molecule has 106 valence electrons. The molecule has 0 saturated carbocycles. The summed E-state index contributed by atoms with van der Waals surface area (Å²) in [5.74, 6) is 0. The van der Waals surface area contributed by atoms with Crippen LogP contribution in [-0.2, 0) is 13.1 Å². The van der Waals surface area contributed by atoms with Crippen LogP contribution in [0.15, 0.2) is 43.0 Å². The summed E-state index contributed by atoms with van der Waals surface area (Å²) in [6.45, 7) is 2.33. The molecule has 0 saturated heterocycles. The summed E-state index contributed by atoms with van der Waals surface area (Å²) < 4.78 is 2.04. The van der Waals surface area contributed by atoms with E-state index in [2.05, 4.69) is 10.3 Å². The van der Waals surface area contributed by atoms with Crippen LogP contribution in [0.1, 0.15) is 18.4 Å². The van der Waals surface area contributed by atoms with Gasteiger partial charge in [0.25, 0.3) is 5.69 Å². The number of nitro groups is 1. The van der Waals surface area contributed by atoms with Crippen LogP contribution in [0.4, 0.5) is 5.69 Å². The van der Waals surface area contributed by atoms with Gasteiger partial charge in [0.1, 0.15) is 0 Å². The number of imidazole rings is 1. The SMILES string of the molecule is O=[N+]([O-])c1ccccc1CNCCCCn1ccnc1. The summed E-state index contributed by atoms with van der Waals surface area (Å²) in [5, 5.41) is 14.1. The van der Waals surface area contributed by atoms with Crippen molar-refractivity contribution in [1.82, 2.24) is 14.9 Å². The molecule has 0 atom stereocenters. The van der Waals surface area contributed by atoms with Crippen molar-refractivity contribution < 1.29 is 4.92 Å². The maximum atomic E-state index is 10.9. The van der Waals surface area contributed by atoms with Crippen LogP contribution in [0, 0.1) is 10.1 Å². The van der Waals surface area contributed by atoms with Gasteiger partial charge in [-0.15, -0.1) is 0 Å². The third-order valence-electron chi connectivity index (χ3n) is 3.08. The van der Waals surface area contributed by atoms with Gasteiger partial charge in [0, 0.05) is 37.1 Å². The molecule has 2 aromatic rings. The van der Waals surface area contributed by atoms with Gasteiger partial charge in [-0.1, -0.05) is 18.2 Å². The first-order valence-corrected chi connectivity index (χ1v) is 6.66. The summed E-state index contributed by atoms with van der Waals surface area (Å²) in [4.78, 5) is 14.5. The Balaban J connectivity index is 1.67. The third kappa shape index (κ3) is 4.17. The average molecular weight is 274 g/mol. The largest absolute Gasteiger partial charge is 0.337 e. The van der Waals surface area contributed by atoms with Crippen molar-refractivity contribution in [2.75, 3.05) is 6.54 Å². The van der Waals surface area contributed by atoms with Gasteiger partial charge in [0.15, 0.2) is 0 Å². The van der Waals surface area contributed by atoms with Crippen LogP contribution in [0.2, 0.25) is 0 Å². The van der Waals surface area contributed by atoms with Crippen LogP contribution < -0.4 is 5.32 Å². The lowest BCUT2D eigenvalue weighted by atomic mass is 10.2. The molecule has 0 radical (unpaired) electrons. The zero-order valence-corrected chi connectivity index (χ0v) is 11.2. The summed E-state index contributed by atoms with van der Waals surface area (Å²) >= 11 is 0. The highest BCUT2D eigenvalue weighted by molar-refractivity contribution is 5.39. The number of hydrogen-bond donors (Lipinski definition) is 1. The van der Waals surface area contributed by atoms with Crippen LogP contribution in [0.25, 0.3) is 0 Å². The minimum atomic E-state index is -0.337. The maximum Gasteiger partial charge on any atom is 0.273 e. The van der Waals surface area contributed by atoms with Crippen LogP contribution in [-0.4, -0.2) is 21.0 Å². The van der Waals surface area contributed by atoms with Crippen molar-refractivity contribution in [1.29, 1.82) is 0 Å². The molecule has 0 bridgehead atoms. The van der Waals surface area contributed by atoms with Gasteiger partial charge in [0.05, 0.1) is 11.3 Å². The van der Waals surface area contributed by atoms with E-state index in [0.717, 1.165) is 31.5 Å². The Kier molecular flexibility index (Phi) is 5.25. The van der Waals surface area contributed by atoms with Crippen molar-refractivity contribution in [3.8, 4) is 0 Å². The second-order valence-electron chi connectivity index (χ2n) is 4.57. The molecule has 6 nitrogen and oxygen atoms in total. The smallest absolute Gasteiger partial charge is 0.273 e. The number of hydrogen-bond acceptors (Lipinski definition) is 4. The van der Waals surface area contributed by atoms with Crippen molar-refractivity contribution in [3.05, 3.63) is 58.7 Å². The van der Waals surface area contributed by atoms with E-state index in [4.69, 9.17) is 0 Å². The molecule has 0 aliphatic rings. The van der Waals surface area contributed by atoms with E-state index in [1.54, 1.807) is 24.7 Å². The number of rotatable bonds is 8. The van der Waals surface area contributed by atoms with Crippen molar-refractivity contribution in [2.45, 2.75) is 25.9 Å². The van der Waals surface area contributed by atoms with Gasteiger partial charge < -0.3 is 9.88 Å². The molecule has 2 rings (SSSR count). The maximum absolute atomic E-state index is 10.9. The predicted octanol–water partition coefficient (Wildman–Crippen LogP) is 2.36. The first-order valence-electron chi connectivity index (χ1n) is 6.66. The van der Waals surface area contributed by atoms with Gasteiger partial charge in [0.2, 0.25) is 0 Å². The van der Waals surface area contributed by atoms with Gasteiger partial charge in [-0.2, -0.15) is 0 Å². The average Bonchev–Trinajstić information content (AvgIpc) is 2.96. The molecule has 20 heavy (non-hydrogen) atoms. The normalized spacial score (nSPS) is 10.6.